The van der Waals surface area contributed by atoms with Gasteiger partial charge in [0.25, 0.3) is 5.56 Å². The summed E-state index contributed by atoms with van der Waals surface area (Å²) in [6, 6.07) is 5.65. The van der Waals surface area contributed by atoms with Crippen molar-refractivity contribution in [1.29, 1.82) is 0 Å². The fourth-order valence-corrected chi connectivity index (χ4v) is 1.42. The minimum absolute atomic E-state index is 0.169. The van der Waals surface area contributed by atoms with Gasteiger partial charge in [-0.1, -0.05) is 6.58 Å². The normalized spacial score (nSPS) is 10.5. The maximum absolute atomic E-state index is 12.9. The van der Waals surface area contributed by atoms with Gasteiger partial charge in [-0.3, -0.25) is 4.79 Å². The average molecular weight is 204 g/mol. The van der Waals surface area contributed by atoms with E-state index in [2.05, 4.69) is 11.6 Å². The Morgan fingerprint density at radius 3 is 2.80 bits per heavy atom. The molecular formula is C11H9FN2O. The molecule has 1 aromatic heterocycles. The van der Waals surface area contributed by atoms with Crippen LogP contribution in [0, 0.1) is 5.82 Å². The molecule has 1 aromatic carbocycles. The molecule has 0 spiro atoms. The number of benzene rings is 1. The second-order valence-corrected chi connectivity index (χ2v) is 3.27. The number of aromatic nitrogens is 1. The molecule has 0 saturated carbocycles. The van der Waals surface area contributed by atoms with Crippen LogP contribution in [-0.4, -0.2) is 4.98 Å². The maximum Gasteiger partial charge on any atom is 0.257 e. The molecule has 0 aliphatic rings. The fraction of sp³-hybridized carbons (Fsp3) is 0. The van der Waals surface area contributed by atoms with E-state index in [0.29, 0.717) is 10.9 Å². The molecule has 0 fully saturated rings. The Bertz CT molecular complexity index is 601. The number of hydrogen-bond donors (Lipinski definition) is 2. The lowest BCUT2D eigenvalue weighted by Gasteiger charge is -2.02. The van der Waals surface area contributed by atoms with E-state index >= 15 is 0 Å². The van der Waals surface area contributed by atoms with Gasteiger partial charge in [-0.05, 0) is 24.3 Å². The van der Waals surface area contributed by atoms with E-state index in [0.717, 1.165) is 0 Å². The first-order chi connectivity index (χ1) is 7.08. The Morgan fingerprint density at radius 2 is 2.13 bits per heavy atom. The zero-order valence-electron chi connectivity index (χ0n) is 7.88. The third-order valence-electron chi connectivity index (χ3n) is 2.15. The summed E-state index contributed by atoms with van der Waals surface area (Å²) in [5.74, 6) is -0.358. The Morgan fingerprint density at radius 1 is 1.40 bits per heavy atom. The Labute approximate surface area is 85.0 Å². The van der Waals surface area contributed by atoms with Gasteiger partial charge in [0, 0.05) is 16.6 Å². The Kier molecular flexibility index (Phi) is 2.04. The summed E-state index contributed by atoms with van der Waals surface area (Å²) in [4.78, 5) is 14.1. The van der Waals surface area contributed by atoms with Gasteiger partial charge in [-0.15, -0.1) is 0 Å². The van der Waals surface area contributed by atoms with Crippen molar-refractivity contribution in [1.82, 2.24) is 4.98 Å². The van der Waals surface area contributed by atoms with Crippen LogP contribution < -0.4 is 11.3 Å². The van der Waals surface area contributed by atoms with Gasteiger partial charge in [0.05, 0.1) is 5.56 Å². The minimum atomic E-state index is -0.358. The number of rotatable bonds is 1. The highest BCUT2D eigenvalue weighted by Crippen LogP contribution is 2.14. The van der Waals surface area contributed by atoms with Crippen molar-refractivity contribution < 1.29 is 4.39 Å². The van der Waals surface area contributed by atoms with Crippen molar-refractivity contribution in [2.75, 3.05) is 0 Å². The second kappa shape index (κ2) is 3.24. The largest absolute Gasteiger partial charge is 0.399 e. The van der Waals surface area contributed by atoms with Gasteiger partial charge in [0.1, 0.15) is 5.82 Å². The van der Waals surface area contributed by atoms with Crippen molar-refractivity contribution in [3.63, 3.8) is 0 Å². The Balaban J connectivity index is 2.83. The third kappa shape index (κ3) is 1.61. The second-order valence-electron chi connectivity index (χ2n) is 3.27. The van der Waals surface area contributed by atoms with Gasteiger partial charge in [-0.25, -0.2) is 4.39 Å². The number of nitrogens with two attached hydrogens (primary N) is 1. The molecule has 2 aromatic rings. The molecule has 2 rings (SSSR count). The van der Waals surface area contributed by atoms with E-state index in [1.54, 1.807) is 0 Å². The first kappa shape index (κ1) is 9.45. The highest BCUT2D eigenvalue weighted by atomic mass is 19.1. The number of halogens is 1. The molecule has 0 unspecified atom stereocenters. The van der Waals surface area contributed by atoms with Gasteiger partial charge in [0.15, 0.2) is 0 Å². The van der Waals surface area contributed by atoms with Crippen LogP contribution >= 0.6 is 0 Å². The van der Waals surface area contributed by atoms with Crippen LogP contribution in [-0.2, 0) is 0 Å². The quantitative estimate of drug-likeness (QED) is 0.741. The van der Waals surface area contributed by atoms with E-state index in [-0.39, 0.29) is 22.6 Å². The summed E-state index contributed by atoms with van der Waals surface area (Å²) in [7, 11) is 0. The summed E-state index contributed by atoms with van der Waals surface area (Å²) in [6.45, 7) is 3.48. The van der Waals surface area contributed by atoms with Crippen molar-refractivity contribution >= 4 is 16.6 Å². The third-order valence-corrected chi connectivity index (χ3v) is 2.15. The van der Waals surface area contributed by atoms with Gasteiger partial charge in [-0.2, -0.15) is 0 Å². The first-order valence-corrected chi connectivity index (χ1v) is 4.35. The number of H-pyrrole nitrogens is 1. The first-order valence-electron chi connectivity index (χ1n) is 4.35. The summed E-state index contributed by atoms with van der Waals surface area (Å²) in [5, 5.41) is 0.594. The SMILES string of the molecule is C=C(N)c1cc2cc(F)ccc2[nH]c1=O. The predicted molar refractivity (Wildman–Crippen MR) is 57.7 cm³/mol. The fourth-order valence-electron chi connectivity index (χ4n) is 1.42. The van der Waals surface area contributed by atoms with Gasteiger partial charge >= 0.3 is 0 Å². The average Bonchev–Trinajstić information content (AvgIpc) is 2.17. The summed E-state index contributed by atoms with van der Waals surface area (Å²) < 4.78 is 12.9. The molecule has 0 radical (unpaired) electrons. The lowest BCUT2D eigenvalue weighted by molar-refractivity contribution is 0.629. The number of pyridine rings is 1. The lowest BCUT2D eigenvalue weighted by Crippen LogP contribution is -2.14. The molecule has 0 atom stereocenters. The van der Waals surface area contributed by atoms with Crippen molar-refractivity contribution in [3.05, 3.63) is 52.6 Å². The number of nitrogens with one attached hydrogen (secondary N) is 1. The zero-order chi connectivity index (χ0) is 11.0. The Hall–Kier alpha value is -2.10. The van der Waals surface area contributed by atoms with E-state index in [1.807, 2.05) is 0 Å². The number of hydrogen-bond acceptors (Lipinski definition) is 2. The highest BCUT2D eigenvalue weighted by Gasteiger charge is 2.04. The predicted octanol–water partition coefficient (Wildman–Crippen LogP) is 1.60. The molecule has 0 saturated heterocycles. The molecule has 3 nitrogen and oxygen atoms in total. The zero-order valence-corrected chi connectivity index (χ0v) is 7.88. The molecule has 1 heterocycles. The minimum Gasteiger partial charge on any atom is -0.399 e. The van der Waals surface area contributed by atoms with E-state index < -0.39 is 0 Å². The van der Waals surface area contributed by atoms with Crippen LogP contribution in [0.15, 0.2) is 35.6 Å². The standard InChI is InChI=1S/C11H9FN2O/c1-6(13)9-5-7-4-8(12)2-3-10(7)14-11(9)15/h2-5H,1,13H2,(H,14,15). The molecule has 4 heteroatoms. The van der Waals surface area contributed by atoms with Crippen LogP contribution in [0.2, 0.25) is 0 Å². The number of aromatic amines is 1. The van der Waals surface area contributed by atoms with Crippen molar-refractivity contribution in [2.24, 2.45) is 5.73 Å². The van der Waals surface area contributed by atoms with Crippen LogP contribution in [0.4, 0.5) is 4.39 Å². The number of fused-ring (bicyclic) bond motifs is 1. The molecule has 0 aliphatic carbocycles. The smallest absolute Gasteiger partial charge is 0.257 e. The van der Waals surface area contributed by atoms with E-state index in [1.165, 1.54) is 24.3 Å². The molecular weight excluding hydrogens is 195 g/mol. The maximum atomic E-state index is 12.9. The van der Waals surface area contributed by atoms with Crippen LogP contribution in [0.1, 0.15) is 5.56 Å². The lowest BCUT2D eigenvalue weighted by atomic mass is 10.1. The molecule has 76 valence electrons. The van der Waals surface area contributed by atoms with Gasteiger partial charge in [0.2, 0.25) is 0 Å². The highest BCUT2D eigenvalue weighted by molar-refractivity contribution is 5.81. The summed E-state index contributed by atoms with van der Waals surface area (Å²) in [5.41, 5.74) is 6.13. The van der Waals surface area contributed by atoms with Crippen molar-refractivity contribution in [2.45, 2.75) is 0 Å². The molecule has 0 amide bonds. The monoisotopic (exact) mass is 204 g/mol. The molecule has 0 bridgehead atoms. The van der Waals surface area contributed by atoms with E-state index in [4.69, 9.17) is 5.73 Å². The summed E-state index contributed by atoms with van der Waals surface area (Å²) >= 11 is 0. The van der Waals surface area contributed by atoms with Gasteiger partial charge < -0.3 is 10.7 Å². The molecule has 15 heavy (non-hydrogen) atoms. The molecule has 0 aliphatic heterocycles. The topological polar surface area (TPSA) is 58.9 Å². The van der Waals surface area contributed by atoms with E-state index in [9.17, 15) is 9.18 Å². The van der Waals surface area contributed by atoms with Crippen LogP contribution in [0.5, 0.6) is 0 Å². The van der Waals surface area contributed by atoms with Crippen LogP contribution in [0.25, 0.3) is 16.6 Å². The molecule has 3 N–H and O–H groups in total. The van der Waals surface area contributed by atoms with Crippen molar-refractivity contribution in [3.8, 4) is 0 Å². The summed E-state index contributed by atoms with van der Waals surface area (Å²) in [6.07, 6.45) is 0. The van der Waals surface area contributed by atoms with Crippen LogP contribution in [0.3, 0.4) is 0 Å².